The molecule has 0 bridgehead atoms. The maximum atomic E-state index is 4.20. The van der Waals surface area contributed by atoms with Gasteiger partial charge in [0.05, 0.1) is 12.0 Å². The highest BCUT2D eigenvalue weighted by molar-refractivity contribution is 5.26. The summed E-state index contributed by atoms with van der Waals surface area (Å²) < 4.78 is 2.17. The lowest BCUT2D eigenvalue weighted by Crippen LogP contribution is -2.19. The van der Waals surface area contributed by atoms with Gasteiger partial charge in [-0.15, -0.1) is 0 Å². The van der Waals surface area contributed by atoms with Crippen molar-refractivity contribution in [3.63, 3.8) is 0 Å². The van der Waals surface area contributed by atoms with Crippen molar-refractivity contribution in [3.8, 4) is 0 Å². The third kappa shape index (κ3) is 3.48. The highest BCUT2D eigenvalue weighted by atomic mass is 15.1. The van der Waals surface area contributed by atoms with Gasteiger partial charge in [0.15, 0.2) is 0 Å². The fourth-order valence-electron chi connectivity index (χ4n) is 2.33. The quantitative estimate of drug-likeness (QED) is 0.864. The van der Waals surface area contributed by atoms with E-state index in [1.54, 1.807) is 0 Å². The maximum Gasteiger partial charge on any atom is 0.0948 e. The minimum absolute atomic E-state index is 0.344. The van der Waals surface area contributed by atoms with Crippen molar-refractivity contribution >= 4 is 0 Å². The molecule has 1 aromatic carbocycles. The SMILES string of the molecule is CCn1cncc1CNC(C)c1ccc(C(C)C)cc1. The number of aromatic nitrogens is 2. The van der Waals surface area contributed by atoms with Gasteiger partial charge in [-0.1, -0.05) is 38.1 Å². The molecule has 0 aliphatic heterocycles. The van der Waals surface area contributed by atoms with Gasteiger partial charge in [0.2, 0.25) is 0 Å². The van der Waals surface area contributed by atoms with Crippen LogP contribution in [0.3, 0.4) is 0 Å². The van der Waals surface area contributed by atoms with Crippen LogP contribution in [-0.4, -0.2) is 9.55 Å². The smallest absolute Gasteiger partial charge is 0.0948 e. The van der Waals surface area contributed by atoms with Gasteiger partial charge in [0.1, 0.15) is 0 Å². The molecule has 20 heavy (non-hydrogen) atoms. The molecular formula is C17H25N3. The fraction of sp³-hybridized carbons (Fsp3) is 0.471. The molecule has 0 radical (unpaired) electrons. The molecule has 108 valence electrons. The molecule has 1 aromatic heterocycles. The number of nitrogens with one attached hydrogen (secondary N) is 1. The summed E-state index contributed by atoms with van der Waals surface area (Å²) in [5.41, 5.74) is 3.96. The van der Waals surface area contributed by atoms with Gasteiger partial charge in [0, 0.05) is 25.3 Å². The summed E-state index contributed by atoms with van der Waals surface area (Å²) in [5.74, 6) is 0.589. The highest BCUT2D eigenvalue weighted by Crippen LogP contribution is 2.18. The van der Waals surface area contributed by atoms with Gasteiger partial charge in [0.25, 0.3) is 0 Å². The van der Waals surface area contributed by atoms with E-state index in [-0.39, 0.29) is 0 Å². The molecule has 0 fully saturated rings. The number of aryl methyl sites for hydroxylation is 1. The number of nitrogens with zero attached hydrogens (tertiary/aromatic N) is 2. The van der Waals surface area contributed by atoms with Crippen LogP contribution in [0.25, 0.3) is 0 Å². The van der Waals surface area contributed by atoms with Gasteiger partial charge in [-0.05, 0) is 30.9 Å². The number of imidazole rings is 1. The lowest BCUT2D eigenvalue weighted by atomic mass is 9.99. The number of hydrogen-bond acceptors (Lipinski definition) is 2. The van der Waals surface area contributed by atoms with Crippen molar-refractivity contribution in [2.75, 3.05) is 0 Å². The van der Waals surface area contributed by atoms with E-state index in [2.05, 4.69) is 66.8 Å². The Morgan fingerprint density at radius 2 is 1.75 bits per heavy atom. The van der Waals surface area contributed by atoms with Crippen molar-refractivity contribution in [1.29, 1.82) is 0 Å². The summed E-state index contributed by atoms with van der Waals surface area (Å²) in [6, 6.07) is 9.26. The monoisotopic (exact) mass is 271 g/mol. The van der Waals surface area contributed by atoms with Crippen LogP contribution in [0.4, 0.5) is 0 Å². The second-order valence-corrected chi connectivity index (χ2v) is 5.59. The van der Waals surface area contributed by atoms with Crippen LogP contribution in [0.15, 0.2) is 36.8 Å². The molecule has 1 N–H and O–H groups in total. The van der Waals surface area contributed by atoms with Gasteiger partial charge in [-0.2, -0.15) is 0 Å². The zero-order valence-corrected chi connectivity index (χ0v) is 12.9. The first kappa shape index (κ1) is 14.8. The number of benzene rings is 1. The van der Waals surface area contributed by atoms with E-state index in [0.29, 0.717) is 12.0 Å². The lowest BCUT2D eigenvalue weighted by Gasteiger charge is -2.16. The first-order valence-electron chi connectivity index (χ1n) is 7.44. The third-order valence-electron chi connectivity index (χ3n) is 3.83. The van der Waals surface area contributed by atoms with E-state index in [1.165, 1.54) is 16.8 Å². The van der Waals surface area contributed by atoms with E-state index in [0.717, 1.165) is 13.1 Å². The van der Waals surface area contributed by atoms with E-state index in [1.807, 2.05) is 12.5 Å². The molecule has 0 spiro atoms. The van der Waals surface area contributed by atoms with Crippen molar-refractivity contribution in [1.82, 2.24) is 14.9 Å². The van der Waals surface area contributed by atoms with Crippen LogP contribution in [0.2, 0.25) is 0 Å². The average molecular weight is 271 g/mol. The lowest BCUT2D eigenvalue weighted by molar-refractivity contribution is 0.549. The Hall–Kier alpha value is -1.61. The molecule has 1 atom stereocenters. The van der Waals surface area contributed by atoms with Gasteiger partial charge < -0.3 is 9.88 Å². The molecule has 0 amide bonds. The predicted molar refractivity (Wildman–Crippen MR) is 83.7 cm³/mol. The molecular weight excluding hydrogens is 246 g/mol. The summed E-state index contributed by atoms with van der Waals surface area (Å²) in [7, 11) is 0. The molecule has 2 aromatic rings. The van der Waals surface area contributed by atoms with Crippen LogP contribution in [-0.2, 0) is 13.1 Å². The Kier molecular flexibility index (Phi) is 4.96. The molecule has 2 rings (SSSR count). The minimum Gasteiger partial charge on any atom is -0.334 e. The van der Waals surface area contributed by atoms with E-state index < -0.39 is 0 Å². The summed E-state index contributed by atoms with van der Waals surface area (Å²) >= 11 is 0. The van der Waals surface area contributed by atoms with Gasteiger partial charge >= 0.3 is 0 Å². The van der Waals surface area contributed by atoms with Crippen molar-refractivity contribution in [2.24, 2.45) is 0 Å². The van der Waals surface area contributed by atoms with E-state index in [9.17, 15) is 0 Å². The summed E-state index contributed by atoms with van der Waals surface area (Å²) in [6.07, 6.45) is 3.82. The minimum atomic E-state index is 0.344. The van der Waals surface area contributed by atoms with Crippen LogP contribution in [0.1, 0.15) is 56.5 Å². The first-order chi connectivity index (χ1) is 9.61. The zero-order valence-electron chi connectivity index (χ0n) is 12.9. The summed E-state index contributed by atoms with van der Waals surface area (Å²) in [6.45, 7) is 10.6. The van der Waals surface area contributed by atoms with E-state index >= 15 is 0 Å². The average Bonchev–Trinajstić information content (AvgIpc) is 2.92. The van der Waals surface area contributed by atoms with Crippen molar-refractivity contribution < 1.29 is 0 Å². The molecule has 0 saturated carbocycles. The highest BCUT2D eigenvalue weighted by Gasteiger charge is 2.07. The van der Waals surface area contributed by atoms with Gasteiger partial charge in [-0.3, -0.25) is 0 Å². The zero-order chi connectivity index (χ0) is 14.5. The molecule has 0 aliphatic carbocycles. The standard InChI is InChI=1S/C17H25N3/c1-5-20-12-18-10-17(20)11-19-14(4)16-8-6-15(7-9-16)13(2)3/h6-10,12-14,19H,5,11H2,1-4H3. The predicted octanol–water partition coefficient (Wildman–Crippen LogP) is 3.88. The number of hydrogen-bond donors (Lipinski definition) is 1. The molecule has 0 saturated heterocycles. The molecule has 3 nitrogen and oxygen atoms in total. The second kappa shape index (κ2) is 6.71. The molecule has 1 unspecified atom stereocenters. The first-order valence-corrected chi connectivity index (χ1v) is 7.44. The van der Waals surface area contributed by atoms with Crippen LogP contribution < -0.4 is 5.32 Å². The van der Waals surface area contributed by atoms with Crippen LogP contribution in [0, 0.1) is 0 Å². The van der Waals surface area contributed by atoms with Crippen LogP contribution in [0.5, 0.6) is 0 Å². The van der Waals surface area contributed by atoms with Gasteiger partial charge in [-0.25, -0.2) is 4.98 Å². The molecule has 0 aliphatic rings. The second-order valence-electron chi connectivity index (χ2n) is 5.59. The Morgan fingerprint density at radius 1 is 1.10 bits per heavy atom. The summed E-state index contributed by atoms with van der Waals surface area (Å²) in [4.78, 5) is 4.20. The molecule has 1 heterocycles. The van der Waals surface area contributed by atoms with E-state index in [4.69, 9.17) is 0 Å². The number of rotatable bonds is 6. The third-order valence-corrected chi connectivity index (χ3v) is 3.83. The fourth-order valence-corrected chi connectivity index (χ4v) is 2.33. The Labute approximate surface area is 122 Å². The Balaban J connectivity index is 1.96. The summed E-state index contributed by atoms with van der Waals surface area (Å²) in [5, 5.41) is 3.56. The maximum absolute atomic E-state index is 4.20. The Bertz CT molecular complexity index is 525. The normalized spacial score (nSPS) is 12.8. The topological polar surface area (TPSA) is 29.9 Å². The van der Waals surface area contributed by atoms with Crippen molar-refractivity contribution in [2.45, 2.75) is 52.7 Å². The largest absolute Gasteiger partial charge is 0.334 e. The van der Waals surface area contributed by atoms with Crippen molar-refractivity contribution in [3.05, 3.63) is 53.6 Å². The van der Waals surface area contributed by atoms with Crippen LogP contribution >= 0.6 is 0 Å². The molecule has 3 heteroatoms. The Morgan fingerprint density at radius 3 is 2.35 bits per heavy atom.